The number of allylic oxidation sites excluding steroid dienone is 2. The first kappa shape index (κ1) is 24.3. The molecule has 1 aliphatic rings. The standard InChI is InChI=1S/C7H9NO2.C2H8N2.H2O4S.Pt/c1-8-4-2-3-6(5-8)7(9)10;3-1-2-4;1-5(2,3)4;/h2-4H,5H2,1H3,(H,9,10);1-4H2;(H2,1,2,3,4);/q;;;+4/p-2. The average molecular weight is 490 g/mol. The molecular formula is C9H17N3O6PtS+2. The van der Waals surface area contributed by atoms with Crippen molar-refractivity contribution in [2.45, 2.75) is 0 Å². The van der Waals surface area contributed by atoms with Crippen LogP contribution in [0.2, 0.25) is 0 Å². The van der Waals surface area contributed by atoms with E-state index >= 15 is 0 Å². The van der Waals surface area contributed by atoms with Crippen molar-refractivity contribution in [2.75, 3.05) is 26.7 Å². The molecule has 9 nitrogen and oxygen atoms in total. The summed E-state index contributed by atoms with van der Waals surface area (Å²) in [7, 11) is -3.33. The Balaban J connectivity index is -0.000000247. The number of nitrogens with zero attached hydrogens (tertiary/aromatic N) is 1. The van der Waals surface area contributed by atoms with E-state index < -0.39 is 16.4 Å². The molecule has 0 atom stereocenters. The van der Waals surface area contributed by atoms with E-state index in [-0.39, 0.29) is 21.1 Å². The van der Waals surface area contributed by atoms with Crippen LogP contribution >= 0.6 is 0 Å². The van der Waals surface area contributed by atoms with Crippen molar-refractivity contribution in [1.29, 1.82) is 0 Å². The van der Waals surface area contributed by atoms with Gasteiger partial charge in [0.2, 0.25) is 0 Å². The molecule has 0 unspecified atom stereocenters. The van der Waals surface area contributed by atoms with Crippen molar-refractivity contribution in [2.24, 2.45) is 11.5 Å². The molecule has 0 saturated heterocycles. The molecule has 0 aromatic heterocycles. The summed E-state index contributed by atoms with van der Waals surface area (Å²) in [5.41, 5.74) is 10.2. The van der Waals surface area contributed by atoms with Gasteiger partial charge in [-0.2, -0.15) is 0 Å². The molecule has 0 radical (unpaired) electrons. The van der Waals surface area contributed by atoms with Gasteiger partial charge in [-0.15, -0.1) is 0 Å². The molecule has 0 spiro atoms. The van der Waals surface area contributed by atoms with E-state index in [1.165, 1.54) is 0 Å². The molecule has 118 valence electrons. The Morgan fingerprint density at radius 1 is 1.40 bits per heavy atom. The summed E-state index contributed by atoms with van der Waals surface area (Å²) in [4.78, 5) is 12.2. The first-order valence-electron chi connectivity index (χ1n) is 4.99. The van der Waals surface area contributed by atoms with E-state index in [1.807, 2.05) is 18.1 Å². The number of carbonyl (C=O) groups is 1. The van der Waals surface area contributed by atoms with E-state index in [0.29, 0.717) is 25.2 Å². The number of likely N-dealkylation sites (N-methyl/N-ethyl adjacent to an activating group) is 1. The van der Waals surface area contributed by atoms with Crippen LogP contribution in [-0.4, -0.2) is 60.2 Å². The smallest absolute Gasteiger partial charge is 0.759 e. The molecule has 1 aliphatic heterocycles. The van der Waals surface area contributed by atoms with Crippen LogP contribution in [0.5, 0.6) is 0 Å². The van der Waals surface area contributed by atoms with Gasteiger partial charge < -0.3 is 30.6 Å². The summed E-state index contributed by atoms with van der Waals surface area (Å²) in [6.45, 7) is 1.69. The van der Waals surface area contributed by atoms with Crippen LogP contribution in [0.4, 0.5) is 0 Å². The van der Waals surface area contributed by atoms with Gasteiger partial charge in [-0.25, -0.2) is 4.79 Å². The summed E-state index contributed by atoms with van der Waals surface area (Å²) in [6, 6.07) is 0. The predicted octanol–water partition coefficient (Wildman–Crippen LogP) is -1.98. The average Bonchev–Trinajstić information content (AvgIpc) is 2.27. The Kier molecular flexibility index (Phi) is 16.0. The van der Waals surface area contributed by atoms with Gasteiger partial charge in [0, 0.05) is 37.1 Å². The van der Waals surface area contributed by atoms with Crippen molar-refractivity contribution < 1.29 is 48.5 Å². The number of hydrogen-bond donors (Lipinski definition) is 3. The zero-order valence-corrected chi connectivity index (χ0v) is 13.8. The van der Waals surface area contributed by atoms with Crippen molar-refractivity contribution in [3.63, 3.8) is 0 Å². The molecule has 0 aromatic carbocycles. The fourth-order valence-corrected chi connectivity index (χ4v) is 0.819. The number of carboxylic acids is 1. The quantitative estimate of drug-likeness (QED) is 0.293. The van der Waals surface area contributed by atoms with Crippen molar-refractivity contribution in [3.8, 4) is 0 Å². The van der Waals surface area contributed by atoms with Crippen molar-refractivity contribution >= 4 is 16.4 Å². The number of hydrogen-bond acceptors (Lipinski definition) is 8. The number of carboxylic acid groups (broad SMARTS) is 1. The first-order valence-corrected chi connectivity index (χ1v) is 6.32. The monoisotopic (exact) mass is 490 g/mol. The number of aliphatic carboxylic acids is 1. The van der Waals surface area contributed by atoms with Gasteiger partial charge in [0.1, 0.15) is 0 Å². The van der Waals surface area contributed by atoms with Crippen LogP contribution in [-0.2, 0) is 36.3 Å². The minimum Gasteiger partial charge on any atom is -0.759 e. The SMILES string of the molecule is CN1C=CC=C(C(=O)O)C1.NCCN.O=S(=O)([O-])[O-].[Pt+4]. The topological polar surface area (TPSA) is 173 Å². The second-order valence-corrected chi connectivity index (χ2v) is 4.06. The third-order valence-corrected chi connectivity index (χ3v) is 1.50. The van der Waals surface area contributed by atoms with Crippen molar-refractivity contribution in [3.05, 3.63) is 23.9 Å². The molecule has 0 bridgehead atoms. The van der Waals surface area contributed by atoms with Gasteiger partial charge in [0.05, 0.1) is 5.57 Å². The first-order chi connectivity index (χ1) is 8.61. The largest absolute Gasteiger partial charge is 4.00 e. The molecule has 0 amide bonds. The maximum absolute atomic E-state index is 10.4. The Morgan fingerprint density at radius 2 is 1.80 bits per heavy atom. The molecule has 1 rings (SSSR count). The van der Waals surface area contributed by atoms with Crippen LogP contribution in [0.1, 0.15) is 0 Å². The third-order valence-electron chi connectivity index (χ3n) is 1.50. The van der Waals surface area contributed by atoms with E-state index in [1.54, 1.807) is 12.2 Å². The zero-order chi connectivity index (χ0) is 15.5. The fourth-order valence-electron chi connectivity index (χ4n) is 0.819. The second kappa shape index (κ2) is 13.2. The predicted molar refractivity (Wildman–Crippen MR) is 66.1 cm³/mol. The Morgan fingerprint density at radius 3 is 2.00 bits per heavy atom. The van der Waals surface area contributed by atoms with Crippen LogP contribution in [0.3, 0.4) is 0 Å². The molecule has 20 heavy (non-hydrogen) atoms. The summed E-state index contributed by atoms with van der Waals surface area (Å²) < 4.78 is 34.1. The maximum Gasteiger partial charge on any atom is 4.00 e. The van der Waals surface area contributed by atoms with Crippen LogP contribution in [0, 0.1) is 0 Å². The Labute approximate surface area is 132 Å². The van der Waals surface area contributed by atoms with E-state index in [4.69, 9.17) is 34.1 Å². The summed E-state index contributed by atoms with van der Waals surface area (Å²) in [5, 5.41) is 8.53. The number of rotatable bonds is 2. The van der Waals surface area contributed by atoms with E-state index in [0.717, 1.165) is 0 Å². The minimum absolute atomic E-state index is 0. The fraction of sp³-hybridized carbons (Fsp3) is 0.444. The molecule has 0 aromatic rings. The Hall–Kier alpha value is -0.772. The molecular weight excluding hydrogens is 473 g/mol. The van der Waals surface area contributed by atoms with Gasteiger partial charge in [0.15, 0.2) is 0 Å². The van der Waals surface area contributed by atoms with Crippen LogP contribution in [0.15, 0.2) is 23.9 Å². The zero-order valence-electron chi connectivity index (χ0n) is 10.7. The molecule has 1 heterocycles. The van der Waals surface area contributed by atoms with Gasteiger partial charge in [-0.3, -0.25) is 8.42 Å². The van der Waals surface area contributed by atoms with Crippen LogP contribution < -0.4 is 11.5 Å². The second-order valence-electron chi connectivity index (χ2n) is 3.24. The van der Waals surface area contributed by atoms with Crippen LogP contribution in [0.25, 0.3) is 0 Å². The van der Waals surface area contributed by atoms with Gasteiger partial charge >= 0.3 is 27.0 Å². The van der Waals surface area contributed by atoms with Gasteiger partial charge in [-0.05, 0) is 18.4 Å². The van der Waals surface area contributed by atoms with Crippen molar-refractivity contribution in [1.82, 2.24) is 4.90 Å². The molecule has 0 fully saturated rings. The summed E-state index contributed by atoms with van der Waals surface area (Å²) >= 11 is 0. The minimum atomic E-state index is -5.17. The molecule has 11 heteroatoms. The van der Waals surface area contributed by atoms with Gasteiger partial charge in [0.25, 0.3) is 0 Å². The molecule has 5 N–H and O–H groups in total. The third kappa shape index (κ3) is 22.4. The molecule has 0 aliphatic carbocycles. The summed E-state index contributed by atoms with van der Waals surface area (Å²) in [5.74, 6) is -0.837. The number of nitrogens with two attached hydrogens (primary N) is 2. The van der Waals surface area contributed by atoms with E-state index in [9.17, 15) is 4.79 Å². The molecule has 0 saturated carbocycles. The normalized spacial score (nSPS) is 12.8. The van der Waals surface area contributed by atoms with Gasteiger partial charge in [-0.1, -0.05) is 0 Å². The van der Waals surface area contributed by atoms with E-state index in [2.05, 4.69) is 0 Å². The maximum atomic E-state index is 10.4. The Bertz CT molecular complexity index is 413. The summed E-state index contributed by atoms with van der Waals surface area (Å²) in [6.07, 6.45) is 5.18.